The molecule has 0 amide bonds. The summed E-state index contributed by atoms with van der Waals surface area (Å²) in [6, 6.07) is 0. The first-order valence-corrected chi connectivity index (χ1v) is 7.74. The van der Waals surface area contributed by atoms with E-state index in [2.05, 4.69) is 55.6 Å². The molecule has 0 aliphatic heterocycles. The highest BCUT2D eigenvalue weighted by Crippen LogP contribution is 2.08. The van der Waals surface area contributed by atoms with Gasteiger partial charge in [-0.1, -0.05) is 33.1 Å². The van der Waals surface area contributed by atoms with Gasteiger partial charge in [0.25, 0.3) is 0 Å². The summed E-state index contributed by atoms with van der Waals surface area (Å²) in [5.74, 6) is -0.187. The van der Waals surface area contributed by atoms with E-state index in [1.807, 2.05) is 0 Å². The van der Waals surface area contributed by atoms with E-state index in [-0.39, 0.29) is 6.42 Å². The third-order valence-corrected chi connectivity index (χ3v) is 3.14. The Balaban J connectivity index is 0.000000367. The lowest BCUT2D eigenvalue weighted by Gasteiger charge is -2.04. The van der Waals surface area contributed by atoms with Crippen LogP contribution in [0.1, 0.15) is 59.8 Å². The van der Waals surface area contributed by atoms with Crippen molar-refractivity contribution in [3.05, 3.63) is 18.7 Å². The van der Waals surface area contributed by atoms with Gasteiger partial charge in [0.05, 0.1) is 13.1 Å². The smallest absolute Gasteiger partial charge is 0.243 e. The number of imidazole rings is 1. The van der Waals surface area contributed by atoms with Crippen LogP contribution in [0.5, 0.6) is 0 Å². The number of rotatable bonds is 8. The molecule has 1 heterocycles. The highest BCUT2D eigenvalue weighted by Gasteiger charge is 1.96. The summed E-state index contributed by atoms with van der Waals surface area (Å²) in [5.41, 5.74) is 0. The summed E-state index contributed by atoms with van der Waals surface area (Å²) < 4.78 is 4.31. The van der Waals surface area contributed by atoms with Gasteiger partial charge < -0.3 is 9.90 Å². The molecule has 0 fully saturated rings. The molecule has 0 saturated heterocycles. The molecule has 0 saturated carbocycles. The van der Waals surface area contributed by atoms with E-state index in [1.54, 1.807) is 0 Å². The molecule has 20 heavy (non-hydrogen) atoms. The molecule has 4 heteroatoms. The monoisotopic (exact) mass is 282 g/mol. The molecular weight excluding hydrogens is 252 g/mol. The second-order valence-corrected chi connectivity index (χ2v) is 5.44. The van der Waals surface area contributed by atoms with E-state index in [0.29, 0.717) is 0 Å². The first-order valence-electron chi connectivity index (χ1n) is 7.74. The molecular formula is C16H30N2O2. The molecule has 1 aromatic heterocycles. The van der Waals surface area contributed by atoms with Gasteiger partial charge in [0.2, 0.25) is 6.33 Å². The zero-order valence-corrected chi connectivity index (χ0v) is 13.5. The number of nitrogens with zero attached hydrogens (tertiary/aromatic N) is 2. The fourth-order valence-electron chi connectivity index (χ4n) is 1.81. The van der Waals surface area contributed by atoms with Crippen LogP contribution in [0.15, 0.2) is 18.7 Å². The Morgan fingerprint density at radius 2 is 1.95 bits per heavy atom. The van der Waals surface area contributed by atoms with E-state index < -0.39 is 5.97 Å². The topological polar surface area (TPSA) is 48.9 Å². The molecule has 0 aliphatic rings. The molecule has 1 rings (SSSR count). The van der Waals surface area contributed by atoms with Gasteiger partial charge in [0.15, 0.2) is 0 Å². The molecule has 0 spiro atoms. The fraction of sp³-hybridized carbons (Fsp3) is 0.750. The minimum absolute atomic E-state index is 0.220. The van der Waals surface area contributed by atoms with Crippen molar-refractivity contribution in [2.24, 2.45) is 5.92 Å². The number of aryl methyl sites for hydroxylation is 2. The summed E-state index contributed by atoms with van der Waals surface area (Å²) in [7, 11) is 0. The summed E-state index contributed by atoms with van der Waals surface area (Å²) in [6.45, 7) is 10.8. The van der Waals surface area contributed by atoms with Gasteiger partial charge in [-0.25, -0.2) is 9.13 Å². The Morgan fingerprint density at radius 3 is 2.35 bits per heavy atom. The third kappa shape index (κ3) is 10.6. The highest BCUT2D eigenvalue weighted by atomic mass is 16.4. The van der Waals surface area contributed by atoms with Crippen LogP contribution in [0, 0.1) is 5.92 Å². The van der Waals surface area contributed by atoms with Crippen molar-refractivity contribution in [2.45, 2.75) is 72.9 Å². The molecule has 0 atom stereocenters. The normalized spacial score (nSPS) is 10.2. The summed E-state index contributed by atoms with van der Waals surface area (Å²) in [4.78, 5) is 9.99. The summed E-state index contributed by atoms with van der Waals surface area (Å²) in [5, 5.41) is 9.99. The van der Waals surface area contributed by atoms with Crippen molar-refractivity contribution < 1.29 is 14.5 Å². The van der Waals surface area contributed by atoms with Crippen LogP contribution in [0.2, 0.25) is 0 Å². The average Bonchev–Trinajstić information content (AvgIpc) is 2.86. The Kier molecular flexibility index (Phi) is 10.7. The van der Waals surface area contributed by atoms with Gasteiger partial charge in [-0.15, -0.1) is 0 Å². The predicted molar refractivity (Wildman–Crippen MR) is 78.9 cm³/mol. The van der Waals surface area contributed by atoms with Gasteiger partial charge in [-0.3, -0.25) is 0 Å². The zero-order chi connectivity index (χ0) is 15.4. The van der Waals surface area contributed by atoms with Crippen molar-refractivity contribution in [3.8, 4) is 0 Å². The molecule has 0 N–H and O–H groups in total. The van der Waals surface area contributed by atoms with E-state index in [9.17, 15) is 9.90 Å². The van der Waals surface area contributed by atoms with Gasteiger partial charge >= 0.3 is 0 Å². The molecule has 0 aromatic carbocycles. The quantitative estimate of drug-likeness (QED) is 0.542. The molecule has 1 aromatic rings. The van der Waals surface area contributed by atoms with Crippen LogP contribution in [-0.2, 0) is 17.9 Å². The summed E-state index contributed by atoms with van der Waals surface area (Å²) in [6.07, 6.45) is 10.6. The lowest BCUT2D eigenvalue weighted by molar-refractivity contribution is -0.693. The number of aromatic nitrogens is 2. The van der Waals surface area contributed by atoms with Crippen LogP contribution >= 0.6 is 0 Å². The van der Waals surface area contributed by atoms with Gasteiger partial charge in [0.1, 0.15) is 12.4 Å². The first kappa shape index (κ1) is 18.7. The maximum absolute atomic E-state index is 9.99. The average molecular weight is 282 g/mol. The lowest BCUT2D eigenvalue weighted by atomic mass is 10.0. The van der Waals surface area contributed by atoms with Crippen LogP contribution in [0.25, 0.3) is 0 Å². The second-order valence-electron chi connectivity index (χ2n) is 5.44. The van der Waals surface area contributed by atoms with Crippen LogP contribution in [0.3, 0.4) is 0 Å². The van der Waals surface area contributed by atoms with Crippen molar-refractivity contribution in [3.63, 3.8) is 0 Å². The van der Waals surface area contributed by atoms with Crippen LogP contribution in [0.4, 0.5) is 0 Å². The number of hydrogen-bond donors (Lipinski definition) is 0. The number of aliphatic carboxylic acids is 1. The predicted octanol–water partition coefficient (Wildman–Crippen LogP) is 2.16. The zero-order valence-electron chi connectivity index (χ0n) is 13.5. The Bertz CT molecular complexity index is 341. The van der Waals surface area contributed by atoms with Crippen molar-refractivity contribution in [2.75, 3.05) is 0 Å². The van der Waals surface area contributed by atoms with Crippen molar-refractivity contribution >= 4 is 5.97 Å². The number of carboxylic acid groups (broad SMARTS) is 1. The molecule has 116 valence electrons. The molecule has 0 unspecified atom stereocenters. The van der Waals surface area contributed by atoms with Crippen molar-refractivity contribution in [1.29, 1.82) is 0 Å². The molecule has 0 aliphatic carbocycles. The standard InChI is InChI=1S/C9H18O2.C7H13N2/c1-8(2)6-4-3-5-7-9(10)11;1-3-8-5-6-9(4-2)7-8/h8H,3-7H2,1-2H3,(H,10,11);5-7H,3-4H2,1-2H3/q;+1/p-1. The fourth-order valence-corrected chi connectivity index (χ4v) is 1.81. The highest BCUT2D eigenvalue weighted by molar-refractivity contribution is 5.63. The molecule has 0 radical (unpaired) electrons. The first-order chi connectivity index (χ1) is 9.49. The van der Waals surface area contributed by atoms with E-state index in [1.165, 1.54) is 6.42 Å². The Morgan fingerprint density at radius 1 is 1.25 bits per heavy atom. The minimum atomic E-state index is -0.922. The van der Waals surface area contributed by atoms with Gasteiger partial charge in [-0.2, -0.15) is 0 Å². The Hall–Kier alpha value is -1.32. The maximum atomic E-state index is 9.99. The van der Waals surface area contributed by atoms with E-state index in [0.717, 1.165) is 38.3 Å². The summed E-state index contributed by atoms with van der Waals surface area (Å²) >= 11 is 0. The van der Waals surface area contributed by atoms with Gasteiger partial charge in [0, 0.05) is 5.97 Å². The molecule has 0 bridgehead atoms. The van der Waals surface area contributed by atoms with Gasteiger partial charge in [-0.05, 0) is 32.6 Å². The maximum Gasteiger partial charge on any atom is 0.243 e. The number of carbonyl (C=O) groups excluding carboxylic acids is 1. The largest absolute Gasteiger partial charge is 0.550 e. The number of unbranched alkanes of at least 4 members (excludes halogenated alkanes) is 2. The number of carboxylic acids is 1. The number of carbonyl (C=O) groups is 1. The third-order valence-electron chi connectivity index (χ3n) is 3.14. The van der Waals surface area contributed by atoms with E-state index >= 15 is 0 Å². The second kappa shape index (κ2) is 11.5. The lowest BCUT2D eigenvalue weighted by Crippen LogP contribution is -2.28. The molecule has 4 nitrogen and oxygen atoms in total. The van der Waals surface area contributed by atoms with Crippen LogP contribution < -0.4 is 9.67 Å². The number of hydrogen-bond acceptors (Lipinski definition) is 2. The van der Waals surface area contributed by atoms with Crippen molar-refractivity contribution in [1.82, 2.24) is 4.57 Å². The van der Waals surface area contributed by atoms with E-state index in [4.69, 9.17) is 0 Å². The SMILES string of the molecule is CC(C)CCCCCC(=O)[O-].CCn1cc[n+](CC)c1. The van der Waals surface area contributed by atoms with Crippen LogP contribution in [-0.4, -0.2) is 10.5 Å². The Labute approximate surface area is 123 Å². The minimum Gasteiger partial charge on any atom is -0.550 e.